The van der Waals surface area contributed by atoms with Gasteiger partial charge >= 0.3 is 0 Å². The monoisotopic (exact) mass is 1220 g/mol. The Balaban J connectivity index is -0.000000550. The summed E-state index contributed by atoms with van der Waals surface area (Å²) < 4.78 is 0. The fourth-order valence-corrected chi connectivity index (χ4v) is 11.2. The fourth-order valence-electron chi connectivity index (χ4n) is 11.2. The van der Waals surface area contributed by atoms with Crippen LogP contribution in [0.1, 0.15) is 397 Å². The van der Waals surface area contributed by atoms with Crippen LogP contribution in [-0.2, 0) is 14.4 Å². The molecule has 1 unspecified atom stereocenters. The van der Waals surface area contributed by atoms with Crippen LogP contribution in [0.4, 0.5) is 0 Å². The maximum atomic E-state index is 12.0. The average Bonchev–Trinajstić information content (AvgIpc) is 3.59. The first-order valence-electron chi connectivity index (χ1n) is 38.6. The molecule has 10 heteroatoms. The number of rotatable bonds is 63. The van der Waals surface area contributed by atoms with Crippen molar-refractivity contribution < 1.29 is 14.4 Å². The molecule has 10 nitrogen and oxygen atoms in total. The highest BCUT2D eigenvalue weighted by Crippen LogP contribution is 2.17. The number of nitrogens with one attached hydrogen (secondary N) is 3. The van der Waals surface area contributed by atoms with Crippen LogP contribution in [0.2, 0.25) is 0 Å². The SMILES string of the molecule is CCCCCCCCCCCCCCCCCC(=O)NC(C)N(CC)CC.CCCCCCCCCCCCCCCCCC(=O)NCN(C)CC.CCCCCCCCCCCCCCCCCC(=O)NCN(C)CCC.CCCN(CC)CC. The Kier molecular flexibility index (Phi) is 83.7. The third-order valence-electron chi connectivity index (χ3n) is 17.4. The highest BCUT2D eigenvalue weighted by Gasteiger charge is 2.12. The van der Waals surface area contributed by atoms with Crippen LogP contribution >= 0.6 is 0 Å². The molecule has 0 fully saturated rings. The summed E-state index contributed by atoms with van der Waals surface area (Å²) in [5.41, 5.74) is 0. The van der Waals surface area contributed by atoms with E-state index in [-0.39, 0.29) is 23.9 Å². The van der Waals surface area contributed by atoms with Gasteiger partial charge in [0.15, 0.2) is 0 Å². The molecule has 0 heterocycles. The molecule has 518 valence electrons. The van der Waals surface area contributed by atoms with Crippen LogP contribution in [0.5, 0.6) is 0 Å². The van der Waals surface area contributed by atoms with Gasteiger partial charge in [-0.1, -0.05) is 339 Å². The largest absolute Gasteiger partial charge is 0.343 e. The molecule has 0 spiro atoms. The first kappa shape index (κ1) is 90.7. The van der Waals surface area contributed by atoms with Crippen molar-refractivity contribution in [3.63, 3.8) is 0 Å². The van der Waals surface area contributed by atoms with E-state index in [1.807, 2.05) is 7.05 Å². The van der Waals surface area contributed by atoms with Crippen molar-refractivity contribution >= 4 is 17.7 Å². The standard InChI is InChI=1S/C24H50N2O.C23H48N2O.C22H46N2O.C7H17N/c1-5-8-9-10-11-12-13-14-15-16-17-18-19-20-21-22-24(27)25-23(4)26(6-2)7-3;1-4-6-7-8-9-10-11-12-13-14-15-16-17-18-19-20-23(26)24-22-25(3)21-5-2;1-4-6-7-8-9-10-11-12-13-14-15-16-17-18-19-20-22(25)23-21-24(3)5-2;1-4-7-8(5-2)6-3/h23H,5-22H2,1-4H3,(H,25,27);4-22H2,1-3H3,(H,24,26);4-21H2,1-3H3,(H,23,25);4-7H2,1-3H3. The van der Waals surface area contributed by atoms with Gasteiger partial charge in [0.25, 0.3) is 0 Å². The zero-order valence-electron chi connectivity index (χ0n) is 61.3. The Bertz CT molecular complexity index is 1280. The number of nitrogens with zero attached hydrogens (tertiary/aromatic N) is 4. The average molecular weight is 1220 g/mol. The minimum absolute atomic E-state index is 0.156. The van der Waals surface area contributed by atoms with Gasteiger partial charge < -0.3 is 20.9 Å². The van der Waals surface area contributed by atoms with E-state index in [0.29, 0.717) is 32.6 Å². The lowest BCUT2D eigenvalue weighted by molar-refractivity contribution is -0.123. The van der Waals surface area contributed by atoms with Crippen LogP contribution in [0, 0.1) is 0 Å². The molecule has 0 saturated heterocycles. The van der Waals surface area contributed by atoms with Gasteiger partial charge in [-0.25, -0.2) is 0 Å². The lowest BCUT2D eigenvalue weighted by Crippen LogP contribution is -2.45. The minimum Gasteiger partial charge on any atom is -0.343 e. The molecule has 0 aromatic rings. The Morgan fingerprint density at radius 1 is 0.279 bits per heavy atom. The molecular weight excluding hydrogens is 1060 g/mol. The first-order valence-corrected chi connectivity index (χ1v) is 38.6. The van der Waals surface area contributed by atoms with Crippen molar-refractivity contribution in [2.75, 3.05) is 73.2 Å². The van der Waals surface area contributed by atoms with E-state index in [2.05, 4.69) is 119 Å². The van der Waals surface area contributed by atoms with Gasteiger partial charge in [-0.3, -0.25) is 29.1 Å². The molecule has 86 heavy (non-hydrogen) atoms. The second-order valence-electron chi connectivity index (χ2n) is 25.9. The molecule has 0 radical (unpaired) electrons. The van der Waals surface area contributed by atoms with E-state index < -0.39 is 0 Å². The Labute approximate surface area is 541 Å². The lowest BCUT2D eigenvalue weighted by Gasteiger charge is -2.27. The normalized spacial score (nSPS) is 11.5. The van der Waals surface area contributed by atoms with Crippen LogP contribution in [0.15, 0.2) is 0 Å². The fraction of sp³-hybridized carbons (Fsp3) is 0.961. The number of hydrogen-bond acceptors (Lipinski definition) is 7. The van der Waals surface area contributed by atoms with Gasteiger partial charge in [0.05, 0.1) is 19.5 Å². The number of carbonyl (C=O) groups is 3. The van der Waals surface area contributed by atoms with Crippen molar-refractivity contribution in [2.45, 2.75) is 403 Å². The molecule has 0 aromatic carbocycles. The smallest absolute Gasteiger partial charge is 0.221 e. The summed E-state index contributed by atoms with van der Waals surface area (Å²) in [5.74, 6) is 0.627. The van der Waals surface area contributed by atoms with Gasteiger partial charge in [-0.05, 0) is 98.9 Å². The van der Waals surface area contributed by atoms with Crippen LogP contribution in [-0.4, -0.2) is 117 Å². The predicted molar refractivity (Wildman–Crippen MR) is 384 cm³/mol. The van der Waals surface area contributed by atoms with Gasteiger partial charge in [-0.15, -0.1) is 0 Å². The second-order valence-corrected chi connectivity index (χ2v) is 25.9. The Hall–Kier alpha value is -1.75. The van der Waals surface area contributed by atoms with Gasteiger partial charge in [-0.2, -0.15) is 0 Å². The molecule has 0 rings (SSSR count). The highest BCUT2D eigenvalue weighted by molar-refractivity contribution is 5.76. The van der Waals surface area contributed by atoms with E-state index in [0.717, 1.165) is 51.9 Å². The number of amides is 3. The lowest BCUT2D eigenvalue weighted by atomic mass is 10.0. The van der Waals surface area contributed by atoms with Crippen molar-refractivity contribution in [1.29, 1.82) is 0 Å². The summed E-state index contributed by atoms with van der Waals surface area (Å²) in [7, 11) is 4.07. The molecule has 0 aliphatic heterocycles. The van der Waals surface area contributed by atoms with E-state index in [1.165, 1.54) is 296 Å². The number of unbranched alkanes of at least 4 members (excludes halogenated alkanes) is 42. The molecule has 3 N–H and O–H groups in total. The van der Waals surface area contributed by atoms with E-state index >= 15 is 0 Å². The summed E-state index contributed by atoms with van der Waals surface area (Å²) in [5, 5.41) is 9.09. The quantitative estimate of drug-likeness (QED) is 0.0412. The van der Waals surface area contributed by atoms with Crippen molar-refractivity contribution in [3.8, 4) is 0 Å². The Morgan fingerprint density at radius 3 is 0.744 bits per heavy atom. The summed E-state index contributed by atoms with van der Waals surface area (Å²) in [6.45, 7) is 33.1. The van der Waals surface area contributed by atoms with E-state index in [4.69, 9.17) is 0 Å². The van der Waals surface area contributed by atoms with Gasteiger partial charge in [0, 0.05) is 19.3 Å². The van der Waals surface area contributed by atoms with Crippen molar-refractivity contribution in [1.82, 2.24) is 35.6 Å². The second kappa shape index (κ2) is 79.3. The highest BCUT2D eigenvalue weighted by atomic mass is 16.2. The zero-order chi connectivity index (χ0) is 64.5. The first-order chi connectivity index (χ1) is 41.9. The minimum atomic E-state index is 0.156. The van der Waals surface area contributed by atoms with Crippen LogP contribution in [0.3, 0.4) is 0 Å². The van der Waals surface area contributed by atoms with E-state index in [1.54, 1.807) is 0 Å². The summed E-state index contributed by atoms with van der Waals surface area (Å²) >= 11 is 0. The third kappa shape index (κ3) is 78.3. The molecule has 0 aliphatic rings. The van der Waals surface area contributed by atoms with Crippen molar-refractivity contribution in [3.05, 3.63) is 0 Å². The van der Waals surface area contributed by atoms with Crippen molar-refractivity contribution in [2.24, 2.45) is 0 Å². The molecule has 3 amide bonds. The maximum Gasteiger partial charge on any atom is 0.221 e. The maximum absolute atomic E-state index is 12.0. The van der Waals surface area contributed by atoms with Gasteiger partial charge in [0.1, 0.15) is 0 Å². The molecule has 0 aromatic heterocycles. The Morgan fingerprint density at radius 2 is 0.523 bits per heavy atom. The van der Waals surface area contributed by atoms with Crippen LogP contribution in [0.25, 0.3) is 0 Å². The predicted octanol–water partition coefficient (Wildman–Crippen LogP) is 21.7. The zero-order valence-corrected chi connectivity index (χ0v) is 61.3. The summed E-state index contributed by atoms with van der Waals surface area (Å²) in [6, 6.07) is 0. The molecule has 0 aliphatic carbocycles. The molecule has 0 saturated carbocycles. The topological polar surface area (TPSA) is 100 Å². The third-order valence-corrected chi connectivity index (χ3v) is 17.4. The molecular formula is C76H161N7O3. The number of carbonyl (C=O) groups excluding carboxylic acids is 3. The van der Waals surface area contributed by atoms with E-state index in [9.17, 15) is 14.4 Å². The molecule has 1 atom stereocenters. The summed E-state index contributed by atoms with van der Waals surface area (Å²) in [6.07, 6.45) is 66.1. The summed E-state index contributed by atoms with van der Waals surface area (Å²) in [4.78, 5) is 44.4. The van der Waals surface area contributed by atoms with Crippen LogP contribution < -0.4 is 16.0 Å². The number of hydrogen-bond donors (Lipinski definition) is 3. The van der Waals surface area contributed by atoms with Gasteiger partial charge in [0.2, 0.25) is 17.7 Å². The molecule has 0 bridgehead atoms.